The van der Waals surface area contributed by atoms with E-state index in [1.54, 1.807) is 18.2 Å². The molecule has 2 heterocycles. The predicted molar refractivity (Wildman–Crippen MR) is 149 cm³/mol. The summed E-state index contributed by atoms with van der Waals surface area (Å²) in [5, 5.41) is 12.3. The molecule has 1 aromatic carbocycles. The number of aryl methyl sites for hydroxylation is 3. The molecule has 10 heteroatoms. The Morgan fingerprint density at radius 3 is 2.62 bits per heavy atom. The Balaban J connectivity index is 1.04. The molecule has 2 atom stereocenters. The van der Waals surface area contributed by atoms with E-state index in [1.807, 2.05) is 0 Å². The number of aromatic nitrogens is 1. The number of ether oxygens (including phenoxy) is 1. The van der Waals surface area contributed by atoms with Gasteiger partial charge < -0.3 is 15.2 Å². The minimum absolute atomic E-state index is 0.105. The van der Waals surface area contributed by atoms with Gasteiger partial charge in [0.05, 0.1) is 11.0 Å². The number of fused-ring (bicyclic) bond motifs is 1. The van der Waals surface area contributed by atoms with E-state index < -0.39 is 34.0 Å². The highest BCUT2D eigenvalue weighted by molar-refractivity contribution is 7.89. The van der Waals surface area contributed by atoms with Crippen molar-refractivity contribution in [1.29, 1.82) is 0 Å². The molecule has 216 valence electrons. The average Bonchev–Trinajstić information content (AvgIpc) is 3.45. The van der Waals surface area contributed by atoms with Gasteiger partial charge in [-0.3, -0.25) is 9.78 Å². The molecule has 0 bridgehead atoms. The minimum Gasteiger partial charge on any atom is -0.480 e. The smallest absolute Gasteiger partial charge is 0.326 e. The van der Waals surface area contributed by atoms with E-state index in [-0.39, 0.29) is 30.6 Å². The largest absolute Gasteiger partial charge is 0.480 e. The summed E-state index contributed by atoms with van der Waals surface area (Å²) in [6.45, 7) is 0.444. The average molecular weight is 570 g/mol. The van der Waals surface area contributed by atoms with Crippen molar-refractivity contribution in [2.45, 2.75) is 93.7 Å². The third-order valence-electron chi connectivity index (χ3n) is 8.47. The van der Waals surface area contributed by atoms with E-state index in [0.717, 1.165) is 38.5 Å². The number of aliphatic carboxylic acids is 1. The number of rotatable bonds is 12. The molecular weight excluding hydrogens is 530 g/mol. The second kappa shape index (κ2) is 12.8. The lowest BCUT2D eigenvalue weighted by Crippen LogP contribution is -2.51. The van der Waals surface area contributed by atoms with Gasteiger partial charge in [-0.25, -0.2) is 13.2 Å². The van der Waals surface area contributed by atoms with E-state index in [0.29, 0.717) is 18.8 Å². The van der Waals surface area contributed by atoms with Crippen LogP contribution in [0.25, 0.3) is 0 Å². The maximum Gasteiger partial charge on any atom is 0.326 e. The van der Waals surface area contributed by atoms with Gasteiger partial charge in [-0.2, -0.15) is 4.31 Å². The Morgan fingerprint density at radius 1 is 1.07 bits per heavy atom. The van der Waals surface area contributed by atoms with Gasteiger partial charge in [0.15, 0.2) is 0 Å². The Labute approximate surface area is 236 Å². The standard InChI is InChI=1S/C30H39N3O6S/c34-29(28-11-6-17-33(28)40(37,38)25-8-2-1-3-9-25)32-27(30(35)36)16-18-39-24-19-21(20-24)12-14-23-15-13-22-7-4-5-10-26(22)31-23/h1-3,8-9,13,15,21,24,27-28H,4-7,10-12,14,16-20H2,(H,32,34)(H,35,36)/t21?,24?,27-,28?/m0/s1. The summed E-state index contributed by atoms with van der Waals surface area (Å²) in [5.74, 6) is -1.15. The van der Waals surface area contributed by atoms with Crippen LogP contribution in [0.3, 0.4) is 0 Å². The van der Waals surface area contributed by atoms with Crippen LogP contribution in [0.2, 0.25) is 0 Å². The molecule has 2 N–H and O–H groups in total. The monoisotopic (exact) mass is 569 g/mol. The van der Waals surface area contributed by atoms with Crippen molar-refractivity contribution in [3.05, 3.63) is 59.4 Å². The van der Waals surface area contributed by atoms with E-state index in [9.17, 15) is 23.1 Å². The van der Waals surface area contributed by atoms with Gasteiger partial charge >= 0.3 is 5.97 Å². The molecular formula is C30H39N3O6S. The SMILES string of the molecule is O=C(N[C@@H](CCOC1CC(CCc2ccc3c(n2)CCCC3)C1)C(=O)O)C1CCCN1S(=O)(=O)c1ccccc1. The molecule has 0 radical (unpaired) electrons. The number of benzene rings is 1. The Morgan fingerprint density at radius 2 is 1.85 bits per heavy atom. The van der Waals surface area contributed by atoms with Gasteiger partial charge in [-0.1, -0.05) is 24.3 Å². The van der Waals surface area contributed by atoms with Crippen LogP contribution in [-0.2, 0) is 43.6 Å². The van der Waals surface area contributed by atoms with E-state index in [1.165, 1.54) is 46.2 Å². The Hall–Kier alpha value is -2.82. The molecule has 2 aliphatic carbocycles. The van der Waals surface area contributed by atoms with Crippen LogP contribution < -0.4 is 5.32 Å². The number of carboxylic acid groups (broad SMARTS) is 1. The summed E-state index contributed by atoms with van der Waals surface area (Å²) in [6, 6.07) is 10.3. The van der Waals surface area contributed by atoms with Crippen LogP contribution in [0.5, 0.6) is 0 Å². The summed E-state index contributed by atoms with van der Waals surface area (Å²) in [5.41, 5.74) is 3.85. The zero-order valence-electron chi connectivity index (χ0n) is 22.8. The highest BCUT2D eigenvalue weighted by Crippen LogP contribution is 2.34. The van der Waals surface area contributed by atoms with Crippen molar-refractivity contribution in [1.82, 2.24) is 14.6 Å². The molecule has 1 aliphatic heterocycles. The van der Waals surface area contributed by atoms with Crippen LogP contribution >= 0.6 is 0 Å². The highest BCUT2D eigenvalue weighted by atomic mass is 32.2. The molecule has 2 aromatic rings. The van der Waals surface area contributed by atoms with Crippen LogP contribution in [0.15, 0.2) is 47.4 Å². The molecule has 1 saturated heterocycles. The molecule has 9 nitrogen and oxygen atoms in total. The maximum absolute atomic E-state index is 13.1. The van der Waals surface area contributed by atoms with Gasteiger partial charge in [0.1, 0.15) is 12.1 Å². The lowest BCUT2D eigenvalue weighted by Gasteiger charge is -2.35. The zero-order chi connectivity index (χ0) is 28.1. The molecule has 5 rings (SSSR count). The van der Waals surface area contributed by atoms with Crippen LogP contribution in [0.1, 0.15) is 68.3 Å². The number of carbonyl (C=O) groups excluding carboxylic acids is 1. The molecule has 1 unspecified atom stereocenters. The Bertz CT molecular complexity index is 1300. The third kappa shape index (κ3) is 6.72. The van der Waals surface area contributed by atoms with Gasteiger partial charge in [0, 0.05) is 31.0 Å². The second-order valence-corrected chi connectivity index (χ2v) is 13.1. The predicted octanol–water partition coefficient (Wildman–Crippen LogP) is 3.50. The number of sulfonamides is 1. The molecule has 1 saturated carbocycles. The topological polar surface area (TPSA) is 126 Å². The minimum atomic E-state index is -3.85. The van der Waals surface area contributed by atoms with Crippen molar-refractivity contribution < 1.29 is 27.9 Å². The number of carboxylic acids is 1. The lowest BCUT2D eigenvalue weighted by molar-refractivity contribution is -0.143. The maximum atomic E-state index is 13.1. The summed E-state index contributed by atoms with van der Waals surface area (Å²) < 4.78 is 33.2. The van der Waals surface area contributed by atoms with Crippen molar-refractivity contribution in [3.63, 3.8) is 0 Å². The quantitative estimate of drug-likeness (QED) is 0.401. The van der Waals surface area contributed by atoms with Crippen molar-refractivity contribution in [3.8, 4) is 0 Å². The van der Waals surface area contributed by atoms with Crippen molar-refractivity contribution >= 4 is 21.9 Å². The lowest BCUT2D eigenvalue weighted by atomic mass is 9.79. The van der Waals surface area contributed by atoms with E-state index in [4.69, 9.17) is 9.72 Å². The summed E-state index contributed by atoms with van der Waals surface area (Å²) in [4.78, 5) is 29.9. The fraction of sp³-hybridized carbons (Fsp3) is 0.567. The van der Waals surface area contributed by atoms with E-state index in [2.05, 4.69) is 17.4 Å². The van der Waals surface area contributed by atoms with Gasteiger partial charge in [0.25, 0.3) is 0 Å². The van der Waals surface area contributed by atoms with Crippen LogP contribution in [-0.4, -0.2) is 66.0 Å². The molecule has 40 heavy (non-hydrogen) atoms. The molecule has 0 spiro atoms. The van der Waals surface area contributed by atoms with Gasteiger partial charge in [-0.15, -0.1) is 0 Å². The Kier molecular flexibility index (Phi) is 9.17. The van der Waals surface area contributed by atoms with Gasteiger partial charge in [0.2, 0.25) is 15.9 Å². The molecule has 1 aromatic heterocycles. The fourth-order valence-electron chi connectivity index (χ4n) is 6.06. The van der Waals surface area contributed by atoms with E-state index >= 15 is 0 Å². The van der Waals surface area contributed by atoms with Crippen molar-refractivity contribution in [2.75, 3.05) is 13.2 Å². The van der Waals surface area contributed by atoms with Gasteiger partial charge in [-0.05, 0) is 93.9 Å². The normalized spacial score (nSPS) is 23.6. The highest BCUT2D eigenvalue weighted by Gasteiger charge is 2.40. The number of amides is 1. The molecule has 2 fully saturated rings. The summed E-state index contributed by atoms with van der Waals surface area (Å²) in [7, 11) is -3.85. The number of hydrogen-bond acceptors (Lipinski definition) is 6. The zero-order valence-corrected chi connectivity index (χ0v) is 23.7. The van der Waals surface area contributed by atoms with Crippen molar-refractivity contribution in [2.24, 2.45) is 5.92 Å². The second-order valence-electron chi connectivity index (χ2n) is 11.3. The summed E-state index contributed by atoms with van der Waals surface area (Å²) in [6.07, 6.45) is 9.78. The number of pyridine rings is 1. The fourth-order valence-corrected chi connectivity index (χ4v) is 7.74. The van der Waals surface area contributed by atoms with Crippen LogP contribution in [0.4, 0.5) is 0 Å². The number of hydrogen-bond donors (Lipinski definition) is 2. The first-order valence-electron chi connectivity index (χ1n) is 14.5. The summed E-state index contributed by atoms with van der Waals surface area (Å²) >= 11 is 0. The number of carbonyl (C=O) groups is 2. The molecule has 3 aliphatic rings. The molecule has 1 amide bonds. The first kappa shape index (κ1) is 28.7. The third-order valence-corrected chi connectivity index (χ3v) is 10.4. The first-order chi connectivity index (χ1) is 19.3. The number of nitrogens with one attached hydrogen (secondary N) is 1. The van der Waals surface area contributed by atoms with Crippen LogP contribution in [0, 0.1) is 5.92 Å². The first-order valence-corrected chi connectivity index (χ1v) is 15.9. The number of nitrogens with zero attached hydrogens (tertiary/aromatic N) is 2.